The van der Waals surface area contributed by atoms with E-state index in [0.717, 1.165) is 24.0 Å². The number of carbonyl (C=O) groups is 2. The van der Waals surface area contributed by atoms with Crippen molar-refractivity contribution in [1.29, 1.82) is 5.26 Å². The Bertz CT molecular complexity index is 851. The Hall–Kier alpha value is -2.40. The van der Waals surface area contributed by atoms with Crippen LogP contribution in [0.3, 0.4) is 0 Å². The van der Waals surface area contributed by atoms with E-state index in [0.29, 0.717) is 24.3 Å². The molecule has 1 aliphatic rings. The number of anilines is 1. The lowest BCUT2D eigenvalue weighted by molar-refractivity contribution is -0.115. The lowest BCUT2D eigenvalue weighted by Gasteiger charge is -2.34. The highest BCUT2D eigenvalue weighted by Crippen LogP contribution is 2.23. The number of nitrogens with zero attached hydrogens (tertiary/aromatic N) is 3. The molecule has 1 saturated heterocycles. The van der Waals surface area contributed by atoms with Gasteiger partial charge in [0.1, 0.15) is 6.42 Å². The summed E-state index contributed by atoms with van der Waals surface area (Å²) < 4.78 is 0.797. The van der Waals surface area contributed by atoms with Crippen LogP contribution in [0.15, 0.2) is 36.4 Å². The van der Waals surface area contributed by atoms with E-state index in [1.54, 1.807) is 41.7 Å². The second-order valence-electron chi connectivity index (χ2n) is 6.23. The van der Waals surface area contributed by atoms with Gasteiger partial charge in [-0.2, -0.15) is 5.26 Å². The number of halogens is 1. The molecule has 0 atom stereocenters. The van der Waals surface area contributed by atoms with Crippen LogP contribution in [-0.2, 0) is 11.3 Å². The molecule has 27 heavy (non-hydrogen) atoms. The van der Waals surface area contributed by atoms with Gasteiger partial charge in [0.25, 0.3) is 5.91 Å². The average Bonchev–Trinajstić information content (AvgIpc) is 3.07. The summed E-state index contributed by atoms with van der Waals surface area (Å²) in [5.74, 6) is -0.372. The fraction of sp³-hybridized carbons (Fsp3) is 0.316. The van der Waals surface area contributed by atoms with E-state index in [4.69, 9.17) is 16.9 Å². The minimum atomic E-state index is -0.361. The molecule has 1 aromatic heterocycles. The van der Waals surface area contributed by atoms with E-state index in [-0.39, 0.29) is 18.2 Å². The van der Waals surface area contributed by atoms with Crippen molar-refractivity contribution in [3.8, 4) is 6.07 Å². The highest BCUT2D eigenvalue weighted by atomic mass is 35.5. The largest absolute Gasteiger partial charge is 0.336 e. The average molecular weight is 403 g/mol. The highest BCUT2D eigenvalue weighted by Gasteiger charge is 2.22. The third-order valence-electron chi connectivity index (χ3n) is 4.32. The minimum absolute atomic E-state index is 0.0104. The first-order valence-electron chi connectivity index (χ1n) is 8.58. The van der Waals surface area contributed by atoms with Gasteiger partial charge < -0.3 is 10.2 Å². The fourth-order valence-electron chi connectivity index (χ4n) is 2.92. The van der Waals surface area contributed by atoms with Crippen LogP contribution in [0.25, 0.3) is 0 Å². The molecule has 1 aromatic carbocycles. The van der Waals surface area contributed by atoms with Crippen molar-refractivity contribution in [2.75, 3.05) is 31.5 Å². The number of nitriles is 1. The van der Waals surface area contributed by atoms with Crippen molar-refractivity contribution in [2.24, 2.45) is 0 Å². The number of hydrogen-bond acceptors (Lipinski definition) is 5. The second-order valence-corrected chi connectivity index (χ2v) is 8.03. The van der Waals surface area contributed by atoms with Gasteiger partial charge in [-0.05, 0) is 36.4 Å². The van der Waals surface area contributed by atoms with E-state index in [9.17, 15) is 9.59 Å². The summed E-state index contributed by atoms with van der Waals surface area (Å²) in [5, 5.41) is 11.1. The molecule has 0 aliphatic carbocycles. The summed E-state index contributed by atoms with van der Waals surface area (Å²) in [6, 6.07) is 12.5. The van der Waals surface area contributed by atoms with Crippen LogP contribution in [0, 0.1) is 11.3 Å². The third-order valence-corrected chi connectivity index (χ3v) is 5.54. The summed E-state index contributed by atoms with van der Waals surface area (Å²) in [4.78, 5) is 29.5. The Balaban J connectivity index is 1.51. The Kier molecular flexibility index (Phi) is 6.45. The number of thiophene rings is 1. The molecule has 0 unspecified atom stereocenters. The number of benzene rings is 1. The van der Waals surface area contributed by atoms with Gasteiger partial charge in [-0.25, -0.2) is 0 Å². The molecule has 0 saturated carbocycles. The zero-order chi connectivity index (χ0) is 19.2. The summed E-state index contributed by atoms with van der Waals surface area (Å²) >= 11 is 7.56. The van der Waals surface area contributed by atoms with E-state index in [1.807, 2.05) is 17.0 Å². The molecule has 1 N–H and O–H groups in total. The lowest BCUT2D eigenvalue weighted by atomic mass is 10.1. The van der Waals surface area contributed by atoms with Crippen LogP contribution in [0.5, 0.6) is 0 Å². The predicted molar refractivity (Wildman–Crippen MR) is 106 cm³/mol. The van der Waals surface area contributed by atoms with Crippen LogP contribution in [0.4, 0.5) is 5.69 Å². The van der Waals surface area contributed by atoms with Gasteiger partial charge in [0.2, 0.25) is 5.91 Å². The number of rotatable bonds is 5. The summed E-state index contributed by atoms with van der Waals surface area (Å²) in [5.41, 5.74) is 1.16. The molecule has 6 nitrogen and oxygen atoms in total. The number of nitrogens with one attached hydrogen (secondary N) is 1. The Morgan fingerprint density at radius 3 is 2.41 bits per heavy atom. The number of amides is 2. The molecule has 140 valence electrons. The summed E-state index contributed by atoms with van der Waals surface area (Å²) in [7, 11) is 0. The van der Waals surface area contributed by atoms with Gasteiger partial charge in [-0.3, -0.25) is 14.5 Å². The molecule has 2 heterocycles. The van der Waals surface area contributed by atoms with Gasteiger partial charge in [0.15, 0.2) is 0 Å². The second kappa shape index (κ2) is 9.00. The SMILES string of the molecule is N#CCC(=O)Nc1ccc(C(=O)N2CCN(Cc3ccc(Cl)s3)CC2)cc1. The molecule has 1 fully saturated rings. The first-order valence-corrected chi connectivity index (χ1v) is 9.77. The Morgan fingerprint density at radius 1 is 1.11 bits per heavy atom. The van der Waals surface area contributed by atoms with E-state index < -0.39 is 0 Å². The minimum Gasteiger partial charge on any atom is -0.336 e. The summed E-state index contributed by atoms with van der Waals surface area (Å²) in [6.07, 6.45) is -0.192. The van der Waals surface area contributed by atoms with Crippen molar-refractivity contribution >= 4 is 40.4 Å². The highest BCUT2D eigenvalue weighted by molar-refractivity contribution is 7.16. The van der Waals surface area contributed by atoms with Crippen molar-refractivity contribution in [1.82, 2.24) is 9.80 Å². The monoisotopic (exact) mass is 402 g/mol. The zero-order valence-corrected chi connectivity index (χ0v) is 16.2. The normalized spacial score (nSPS) is 14.6. The molecule has 8 heteroatoms. The zero-order valence-electron chi connectivity index (χ0n) is 14.7. The molecule has 2 amide bonds. The van der Waals surface area contributed by atoms with Gasteiger partial charge >= 0.3 is 0 Å². The maximum Gasteiger partial charge on any atom is 0.253 e. The predicted octanol–water partition coefficient (Wildman–Crippen LogP) is 3.21. The lowest BCUT2D eigenvalue weighted by Crippen LogP contribution is -2.48. The molecule has 2 aromatic rings. The van der Waals surface area contributed by atoms with Gasteiger partial charge in [-0.15, -0.1) is 11.3 Å². The maximum absolute atomic E-state index is 12.7. The third kappa shape index (κ3) is 5.30. The van der Waals surface area contributed by atoms with Gasteiger partial charge in [0, 0.05) is 48.9 Å². The number of carbonyl (C=O) groups excluding carboxylic acids is 2. The van der Waals surface area contributed by atoms with E-state index >= 15 is 0 Å². The molecular weight excluding hydrogens is 384 g/mol. The Labute approximate surface area is 166 Å². The molecule has 0 spiro atoms. The van der Waals surface area contributed by atoms with Crippen LogP contribution in [-0.4, -0.2) is 47.8 Å². The quantitative estimate of drug-likeness (QED) is 0.833. The van der Waals surface area contributed by atoms with Crippen molar-refractivity contribution in [3.63, 3.8) is 0 Å². The summed E-state index contributed by atoms with van der Waals surface area (Å²) in [6.45, 7) is 3.86. The molecule has 3 rings (SSSR count). The topological polar surface area (TPSA) is 76.4 Å². The van der Waals surface area contributed by atoms with Gasteiger partial charge in [-0.1, -0.05) is 11.6 Å². The van der Waals surface area contributed by atoms with Gasteiger partial charge in [0.05, 0.1) is 10.4 Å². The van der Waals surface area contributed by atoms with Crippen molar-refractivity contribution < 1.29 is 9.59 Å². The van der Waals surface area contributed by atoms with Crippen molar-refractivity contribution in [3.05, 3.63) is 51.2 Å². The van der Waals surface area contributed by atoms with Crippen molar-refractivity contribution in [2.45, 2.75) is 13.0 Å². The molecule has 0 bridgehead atoms. The standard InChI is InChI=1S/C19H19ClN4O2S/c20-17-6-5-16(27-17)13-23-9-11-24(12-10-23)19(26)14-1-3-15(4-2-14)22-18(25)7-8-21/h1-6H,7,9-13H2,(H,22,25). The smallest absolute Gasteiger partial charge is 0.253 e. The van der Waals surface area contributed by atoms with Crippen LogP contribution in [0.2, 0.25) is 4.34 Å². The maximum atomic E-state index is 12.7. The van der Waals surface area contributed by atoms with Crippen LogP contribution >= 0.6 is 22.9 Å². The van der Waals surface area contributed by atoms with Crippen LogP contribution < -0.4 is 5.32 Å². The molecular formula is C19H19ClN4O2S. The molecule has 1 aliphatic heterocycles. The number of piperazine rings is 1. The first-order chi connectivity index (χ1) is 13.0. The van der Waals surface area contributed by atoms with E-state index in [1.165, 1.54) is 4.88 Å². The molecule has 0 radical (unpaired) electrons. The van der Waals surface area contributed by atoms with E-state index in [2.05, 4.69) is 10.2 Å². The Morgan fingerprint density at radius 2 is 1.81 bits per heavy atom. The number of hydrogen-bond donors (Lipinski definition) is 1. The first kappa shape index (κ1) is 19.4. The fourth-order valence-corrected chi connectivity index (χ4v) is 4.05. The van der Waals surface area contributed by atoms with Crippen LogP contribution in [0.1, 0.15) is 21.7 Å².